The molecule has 2 N–H and O–H groups in total. The number of benzene rings is 1. The molecule has 9 heteroatoms. The molecule has 136 valence electrons. The highest BCUT2D eigenvalue weighted by Gasteiger charge is 2.39. The lowest BCUT2D eigenvalue weighted by Crippen LogP contribution is -2.51. The Morgan fingerprint density at radius 2 is 2.08 bits per heavy atom. The summed E-state index contributed by atoms with van der Waals surface area (Å²) in [6, 6.07) is 2.81. The predicted octanol–water partition coefficient (Wildman–Crippen LogP) is 2.34. The molecule has 1 aliphatic rings. The summed E-state index contributed by atoms with van der Waals surface area (Å²) in [5, 5.41) is 5.04. The molecule has 1 fully saturated rings. The van der Waals surface area contributed by atoms with Crippen molar-refractivity contribution in [3.63, 3.8) is 0 Å². The Bertz CT molecular complexity index is 680. The van der Waals surface area contributed by atoms with Gasteiger partial charge < -0.3 is 24.8 Å². The Balaban J connectivity index is 2.39. The van der Waals surface area contributed by atoms with Gasteiger partial charge in [-0.1, -0.05) is 12.6 Å². The average molecular weight is 356 g/mol. The van der Waals surface area contributed by atoms with Crippen LogP contribution in [0.2, 0.25) is 0 Å². The third-order valence-corrected chi connectivity index (χ3v) is 3.57. The summed E-state index contributed by atoms with van der Waals surface area (Å²) >= 11 is 0. The number of carbonyl (C=O) groups is 2. The lowest BCUT2D eigenvalue weighted by Gasteiger charge is -2.33. The van der Waals surface area contributed by atoms with Gasteiger partial charge in [-0.3, -0.25) is 4.79 Å². The van der Waals surface area contributed by atoms with E-state index in [4.69, 9.17) is 9.47 Å². The van der Waals surface area contributed by atoms with E-state index in [0.717, 1.165) is 0 Å². The van der Waals surface area contributed by atoms with E-state index >= 15 is 0 Å². The molecule has 1 aromatic rings. The molecule has 0 saturated carbocycles. The second-order valence-electron chi connectivity index (χ2n) is 5.12. The van der Waals surface area contributed by atoms with Crippen LogP contribution < -0.4 is 20.1 Å². The smallest absolute Gasteiger partial charge is 0.387 e. The van der Waals surface area contributed by atoms with E-state index in [1.807, 2.05) is 0 Å². The van der Waals surface area contributed by atoms with E-state index in [9.17, 15) is 18.4 Å². The summed E-state index contributed by atoms with van der Waals surface area (Å²) in [6.07, 6.45) is 0. The third kappa shape index (κ3) is 4.17. The van der Waals surface area contributed by atoms with Crippen LogP contribution in [0.3, 0.4) is 0 Å². The minimum atomic E-state index is -3.01. The van der Waals surface area contributed by atoms with Gasteiger partial charge in [0.2, 0.25) is 0 Å². The fourth-order valence-electron chi connectivity index (χ4n) is 2.54. The Labute approximate surface area is 142 Å². The van der Waals surface area contributed by atoms with Crippen LogP contribution in [0.1, 0.15) is 18.5 Å². The fourth-order valence-corrected chi connectivity index (χ4v) is 2.54. The zero-order chi connectivity index (χ0) is 18.6. The lowest BCUT2D eigenvalue weighted by atomic mass is 9.89. The van der Waals surface area contributed by atoms with Crippen molar-refractivity contribution in [2.24, 2.45) is 5.92 Å². The summed E-state index contributed by atoms with van der Waals surface area (Å²) in [5.41, 5.74) is 0.631. The summed E-state index contributed by atoms with van der Waals surface area (Å²) in [4.78, 5) is 24.0. The highest BCUT2D eigenvalue weighted by atomic mass is 19.3. The second kappa shape index (κ2) is 7.82. The van der Waals surface area contributed by atoms with Crippen LogP contribution in [0.4, 0.5) is 13.6 Å². The summed E-state index contributed by atoms with van der Waals surface area (Å²) in [6.45, 7) is 2.51. The SMILES string of the molecule is C=C1NC(=O)N[C@@H](c2ccc(OC(F)F)c(OC)c2)[C@@H]1C(=O)OCC. The highest BCUT2D eigenvalue weighted by molar-refractivity contribution is 5.85. The van der Waals surface area contributed by atoms with Crippen molar-refractivity contribution in [2.75, 3.05) is 13.7 Å². The zero-order valence-corrected chi connectivity index (χ0v) is 13.7. The zero-order valence-electron chi connectivity index (χ0n) is 13.7. The number of nitrogens with one attached hydrogen (secondary N) is 2. The molecular formula is C16H18F2N2O5. The van der Waals surface area contributed by atoms with Gasteiger partial charge in [0.15, 0.2) is 11.5 Å². The molecule has 0 spiro atoms. The largest absolute Gasteiger partial charge is 0.493 e. The number of amides is 2. The van der Waals surface area contributed by atoms with Crippen molar-refractivity contribution in [1.29, 1.82) is 0 Å². The molecule has 0 unspecified atom stereocenters. The number of urea groups is 1. The van der Waals surface area contributed by atoms with Crippen LogP contribution in [-0.4, -0.2) is 32.3 Å². The second-order valence-corrected chi connectivity index (χ2v) is 5.12. The van der Waals surface area contributed by atoms with E-state index in [0.29, 0.717) is 5.56 Å². The van der Waals surface area contributed by atoms with Crippen molar-refractivity contribution in [3.05, 3.63) is 36.0 Å². The number of rotatable bonds is 6. The van der Waals surface area contributed by atoms with Gasteiger partial charge in [0.25, 0.3) is 0 Å². The molecule has 1 saturated heterocycles. The number of ether oxygens (including phenoxy) is 3. The minimum absolute atomic E-state index is 0.0406. The quantitative estimate of drug-likeness (QED) is 0.764. The van der Waals surface area contributed by atoms with Crippen molar-refractivity contribution < 1.29 is 32.6 Å². The monoisotopic (exact) mass is 356 g/mol. The predicted molar refractivity (Wildman–Crippen MR) is 83.3 cm³/mol. The molecule has 1 aliphatic heterocycles. The normalized spacial score (nSPS) is 19.9. The van der Waals surface area contributed by atoms with Crippen molar-refractivity contribution in [2.45, 2.75) is 19.6 Å². The minimum Gasteiger partial charge on any atom is -0.493 e. The van der Waals surface area contributed by atoms with Gasteiger partial charge in [-0.05, 0) is 24.6 Å². The van der Waals surface area contributed by atoms with Crippen LogP contribution in [0.5, 0.6) is 11.5 Å². The van der Waals surface area contributed by atoms with Crippen LogP contribution in [0, 0.1) is 5.92 Å². The number of carbonyl (C=O) groups excluding carboxylic acids is 2. The van der Waals surface area contributed by atoms with E-state index < -0.39 is 30.6 Å². The molecule has 2 rings (SSSR count). The maximum Gasteiger partial charge on any atom is 0.387 e. The van der Waals surface area contributed by atoms with Crippen molar-refractivity contribution >= 4 is 12.0 Å². The standard InChI is InChI=1S/C16H18F2N2O5/c1-4-24-14(21)12-8(2)19-16(22)20-13(12)9-5-6-10(25-15(17)18)11(7-9)23-3/h5-7,12-13,15H,2,4H2,1,3H3,(H2,19,20,22)/t12-,13+/m1/s1. The van der Waals surface area contributed by atoms with E-state index in [2.05, 4.69) is 21.9 Å². The van der Waals surface area contributed by atoms with Gasteiger partial charge in [-0.15, -0.1) is 0 Å². The molecule has 1 aromatic carbocycles. The molecule has 7 nitrogen and oxygen atoms in total. The fraction of sp³-hybridized carbons (Fsp3) is 0.375. The first-order valence-electron chi connectivity index (χ1n) is 7.43. The number of alkyl halides is 2. The Hall–Kier alpha value is -2.84. The number of hydrogen-bond acceptors (Lipinski definition) is 5. The molecule has 2 amide bonds. The number of methoxy groups -OCH3 is 1. The van der Waals surface area contributed by atoms with E-state index in [1.54, 1.807) is 6.92 Å². The Morgan fingerprint density at radius 3 is 2.68 bits per heavy atom. The first-order valence-corrected chi connectivity index (χ1v) is 7.43. The molecule has 0 aliphatic carbocycles. The van der Waals surface area contributed by atoms with E-state index in [-0.39, 0.29) is 23.8 Å². The maximum atomic E-state index is 12.4. The van der Waals surface area contributed by atoms with E-state index in [1.165, 1.54) is 25.3 Å². The highest BCUT2D eigenvalue weighted by Crippen LogP contribution is 2.36. The van der Waals surface area contributed by atoms with Crippen molar-refractivity contribution in [1.82, 2.24) is 10.6 Å². The van der Waals surface area contributed by atoms with Crippen molar-refractivity contribution in [3.8, 4) is 11.5 Å². The van der Waals surface area contributed by atoms with Gasteiger partial charge in [-0.25, -0.2) is 4.79 Å². The number of esters is 1. The molecular weight excluding hydrogens is 338 g/mol. The van der Waals surface area contributed by atoms with Crippen LogP contribution in [0.25, 0.3) is 0 Å². The summed E-state index contributed by atoms with van der Waals surface area (Å²) < 4.78 is 39.3. The van der Waals surface area contributed by atoms with Gasteiger partial charge in [0.05, 0.1) is 19.8 Å². The van der Waals surface area contributed by atoms with Crippen LogP contribution in [-0.2, 0) is 9.53 Å². The molecule has 0 bridgehead atoms. The topological polar surface area (TPSA) is 85.9 Å². The molecule has 25 heavy (non-hydrogen) atoms. The third-order valence-electron chi connectivity index (χ3n) is 3.57. The van der Waals surface area contributed by atoms with Gasteiger partial charge in [0, 0.05) is 5.70 Å². The molecule has 0 radical (unpaired) electrons. The average Bonchev–Trinajstić information content (AvgIpc) is 2.54. The van der Waals surface area contributed by atoms with Crippen LogP contribution >= 0.6 is 0 Å². The first kappa shape index (κ1) is 18.5. The van der Waals surface area contributed by atoms with Gasteiger partial charge >= 0.3 is 18.6 Å². The Kier molecular flexibility index (Phi) is 5.79. The first-order chi connectivity index (χ1) is 11.9. The number of hydrogen-bond donors (Lipinski definition) is 2. The molecule has 1 heterocycles. The van der Waals surface area contributed by atoms with Crippen LogP contribution in [0.15, 0.2) is 30.5 Å². The number of halogens is 2. The van der Waals surface area contributed by atoms with Gasteiger partial charge in [0.1, 0.15) is 5.92 Å². The molecule has 0 aromatic heterocycles. The molecule has 2 atom stereocenters. The Morgan fingerprint density at radius 1 is 1.36 bits per heavy atom. The summed E-state index contributed by atoms with van der Waals surface area (Å²) in [5.74, 6) is -1.58. The maximum absolute atomic E-state index is 12.4. The van der Waals surface area contributed by atoms with Gasteiger partial charge in [-0.2, -0.15) is 8.78 Å². The lowest BCUT2D eigenvalue weighted by molar-refractivity contribution is -0.147. The summed E-state index contributed by atoms with van der Waals surface area (Å²) in [7, 11) is 1.29.